The highest BCUT2D eigenvalue weighted by Gasteiger charge is 2.14. The van der Waals surface area contributed by atoms with Crippen molar-refractivity contribution in [2.24, 2.45) is 0 Å². The van der Waals surface area contributed by atoms with Gasteiger partial charge in [0.05, 0.1) is 5.69 Å². The van der Waals surface area contributed by atoms with Crippen LogP contribution >= 0.6 is 0 Å². The number of nitrogens with zero attached hydrogens (tertiary/aromatic N) is 2. The van der Waals surface area contributed by atoms with Crippen LogP contribution < -0.4 is 0 Å². The molecule has 3 nitrogen and oxygen atoms in total. The Bertz CT molecular complexity index is 637. The molecule has 0 unspecified atom stereocenters. The summed E-state index contributed by atoms with van der Waals surface area (Å²) < 4.78 is 0. The van der Waals surface area contributed by atoms with Crippen molar-refractivity contribution in [2.45, 2.75) is 40.0 Å². The number of carbonyl (C=O) groups excluding carboxylic acids is 1. The van der Waals surface area contributed by atoms with E-state index in [1.54, 1.807) is 0 Å². The normalized spacial score (nSPS) is 11.4. The molecular formula is C17H20N2O. The predicted octanol–water partition coefficient (Wildman–Crippen LogP) is 3.95. The number of aryl methyl sites for hydroxylation is 1. The van der Waals surface area contributed by atoms with Crippen LogP contribution in [-0.2, 0) is 5.41 Å². The first kappa shape index (κ1) is 14.4. The van der Waals surface area contributed by atoms with E-state index in [9.17, 15) is 4.79 Å². The Morgan fingerprint density at radius 1 is 1.05 bits per heavy atom. The van der Waals surface area contributed by atoms with Crippen molar-refractivity contribution in [1.82, 2.24) is 9.97 Å². The summed E-state index contributed by atoms with van der Waals surface area (Å²) in [7, 11) is 0. The van der Waals surface area contributed by atoms with E-state index in [1.165, 1.54) is 12.5 Å². The number of hydrogen-bond acceptors (Lipinski definition) is 3. The van der Waals surface area contributed by atoms with Crippen molar-refractivity contribution in [3.8, 4) is 11.3 Å². The zero-order valence-corrected chi connectivity index (χ0v) is 12.7. The van der Waals surface area contributed by atoms with Crippen LogP contribution in [0, 0.1) is 6.92 Å². The van der Waals surface area contributed by atoms with Crippen LogP contribution in [-0.4, -0.2) is 15.8 Å². The minimum absolute atomic E-state index is 0.110. The molecule has 0 aliphatic carbocycles. The summed E-state index contributed by atoms with van der Waals surface area (Å²) in [5.41, 5.74) is 4.01. The SMILES string of the molecule is CC(=O)c1nc(C)cc(-c2ccc(C(C)(C)C)cc2)n1. The molecule has 3 heteroatoms. The van der Waals surface area contributed by atoms with Crippen molar-refractivity contribution in [1.29, 1.82) is 0 Å². The summed E-state index contributed by atoms with van der Waals surface area (Å²) in [6.07, 6.45) is 0. The van der Waals surface area contributed by atoms with Crippen molar-refractivity contribution in [2.75, 3.05) is 0 Å². The molecule has 0 N–H and O–H groups in total. The van der Waals surface area contributed by atoms with Crippen LogP contribution in [0.3, 0.4) is 0 Å². The molecule has 0 saturated carbocycles. The molecule has 104 valence electrons. The van der Waals surface area contributed by atoms with E-state index in [-0.39, 0.29) is 17.0 Å². The summed E-state index contributed by atoms with van der Waals surface area (Å²) in [4.78, 5) is 19.9. The maximum absolute atomic E-state index is 11.4. The first-order valence-electron chi connectivity index (χ1n) is 6.75. The summed E-state index contributed by atoms with van der Waals surface area (Å²) >= 11 is 0. The molecular weight excluding hydrogens is 248 g/mol. The molecule has 1 aromatic carbocycles. The van der Waals surface area contributed by atoms with Gasteiger partial charge >= 0.3 is 0 Å². The second-order valence-corrected chi connectivity index (χ2v) is 6.10. The third-order valence-electron chi connectivity index (χ3n) is 3.22. The Hall–Kier alpha value is -2.03. The smallest absolute Gasteiger partial charge is 0.196 e. The molecule has 0 amide bonds. The summed E-state index contributed by atoms with van der Waals surface area (Å²) in [6.45, 7) is 9.92. The Kier molecular flexibility index (Phi) is 3.71. The fraction of sp³-hybridized carbons (Fsp3) is 0.353. The number of carbonyl (C=O) groups is 1. The highest BCUT2D eigenvalue weighted by atomic mass is 16.1. The van der Waals surface area contributed by atoms with Crippen LogP contribution in [0.15, 0.2) is 30.3 Å². The maximum atomic E-state index is 11.4. The molecule has 0 fully saturated rings. The number of aromatic nitrogens is 2. The van der Waals surface area contributed by atoms with Crippen LogP contribution in [0.2, 0.25) is 0 Å². The van der Waals surface area contributed by atoms with Crippen LogP contribution in [0.4, 0.5) is 0 Å². The van der Waals surface area contributed by atoms with E-state index >= 15 is 0 Å². The average molecular weight is 268 g/mol. The second kappa shape index (κ2) is 5.16. The zero-order chi connectivity index (χ0) is 14.9. The van der Waals surface area contributed by atoms with Gasteiger partial charge in [-0.2, -0.15) is 0 Å². The van der Waals surface area contributed by atoms with E-state index in [2.05, 4.69) is 42.9 Å². The molecule has 2 rings (SSSR count). The Labute approximate surface area is 120 Å². The second-order valence-electron chi connectivity index (χ2n) is 6.10. The molecule has 2 aromatic rings. The number of hydrogen-bond donors (Lipinski definition) is 0. The van der Waals surface area contributed by atoms with Gasteiger partial charge in [0.25, 0.3) is 0 Å². The van der Waals surface area contributed by atoms with Crippen molar-refractivity contribution in [3.05, 3.63) is 47.4 Å². The van der Waals surface area contributed by atoms with Crippen LogP contribution in [0.1, 0.15) is 49.6 Å². The highest BCUT2D eigenvalue weighted by Crippen LogP contribution is 2.25. The largest absolute Gasteiger partial charge is 0.291 e. The lowest BCUT2D eigenvalue weighted by Gasteiger charge is -2.19. The number of rotatable bonds is 2. The predicted molar refractivity (Wildman–Crippen MR) is 80.9 cm³/mol. The molecule has 0 radical (unpaired) electrons. The van der Waals surface area contributed by atoms with E-state index in [4.69, 9.17) is 0 Å². The van der Waals surface area contributed by atoms with Crippen molar-refractivity contribution in [3.63, 3.8) is 0 Å². The summed E-state index contributed by atoms with van der Waals surface area (Å²) in [6, 6.07) is 10.2. The monoisotopic (exact) mass is 268 g/mol. The standard InChI is InChI=1S/C17H20N2O/c1-11-10-15(19-16(18-11)12(2)20)13-6-8-14(9-7-13)17(3,4)5/h6-10H,1-5H3. The van der Waals surface area contributed by atoms with Gasteiger partial charge in [0.1, 0.15) is 0 Å². The third kappa shape index (κ3) is 3.10. The number of benzene rings is 1. The molecule has 1 aromatic heterocycles. The quantitative estimate of drug-likeness (QED) is 0.774. The zero-order valence-electron chi connectivity index (χ0n) is 12.7. The van der Waals surface area contributed by atoms with Gasteiger partial charge in [0.15, 0.2) is 11.6 Å². The van der Waals surface area contributed by atoms with Gasteiger partial charge < -0.3 is 0 Å². The van der Waals surface area contributed by atoms with Crippen LogP contribution in [0.25, 0.3) is 11.3 Å². The average Bonchev–Trinajstić information content (AvgIpc) is 2.37. The molecule has 0 spiro atoms. The fourth-order valence-corrected chi connectivity index (χ4v) is 2.01. The molecule has 1 heterocycles. The topological polar surface area (TPSA) is 42.9 Å². The molecule has 20 heavy (non-hydrogen) atoms. The van der Waals surface area contributed by atoms with Crippen molar-refractivity contribution < 1.29 is 4.79 Å². The third-order valence-corrected chi connectivity index (χ3v) is 3.22. The summed E-state index contributed by atoms with van der Waals surface area (Å²) in [5, 5.41) is 0. The molecule has 0 atom stereocenters. The van der Waals surface area contributed by atoms with Gasteiger partial charge in [-0.1, -0.05) is 45.0 Å². The van der Waals surface area contributed by atoms with Crippen molar-refractivity contribution >= 4 is 5.78 Å². The lowest BCUT2D eigenvalue weighted by Crippen LogP contribution is -2.10. The molecule has 0 aliphatic rings. The lowest BCUT2D eigenvalue weighted by atomic mass is 9.86. The Balaban J connectivity index is 2.44. The number of Topliss-reactive ketones (excluding diaryl/α,β-unsaturated/α-hetero) is 1. The van der Waals surface area contributed by atoms with Gasteiger partial charge in [-0.05, 0) is 24.0 Å². The van der Waals surface area contributed by atoms with Gasteiger partial charge in [-0.25, -0.2) is 9.97 Å². The van der Waals surface area contributed by atoms with E-state index in [0.29, 0.717) is 0 Å². The highest BCUT2D eigenvalue weighted by molar-refractivity contribution is 5.90. The Morgan fingerprint density at radius 3 is 2.15 bits per heavy atom. The molecule has 0 bridgehead atoms. The van der Waals surface area contributed by atoms with Crippen LogP contribution in [0.5, 0.6) is 0 Å². The molecule has 0 aliphatic heterocycles. The van der Waals surface area contributed by atoms with Gasteiger partial charge in [0.2, 0.25) is 0 Å². The van der Waals surface area contributed by atoms with Gasteiger partial charge in [0, 0.05) is 18.2 Å². The first-order valence-corrected chi connectivity index (χ1v) is 6.75. The van der Waals surface area contributed by atoms with E-state index in [1.807, 2.05) is 25.1 Å². The number of ketones is 1. The minimum Gasteiger partial charge on any atom is -0.291 e. The first-order chi connectivity index (χ1) is 9.27. The lowest BCUT2D eigenvalue weighted by molar-refractivity contribution is 0.100. The molecule has 0 saturated heterocycles. The maximum Gasteiger partial charge on any atom is 0.196 e. The van der Waals surface area contributed by atoms with Gasteiger partial charge in [-0.15, -0.1) is 0 Å². The van der Waals surface area contributed by atoms with E-state index < -0.39 is 0 Å². The van der Waals surface area contributed by atoms with Gasteiger partial charge in [-0.3, -0.25) is 4.79 Å². The summed E-state index contributed by atoms with van der Waals surface area (Å²) in [5.74, 6) is 0.168. The fourth-order valence-electron chi connectivity index (χ4n) is 2.01. The minimum atomic E-state index is -0.110. The Morgan fingerprint density at radius 2 is 1.65 bits per heavy atom. The van der Waals surface area contributed by atoms with E-state index in [0.717, 1.165) is 17.0 Å².